The Morgan fingerprint density at radius 3 is 2.43 bits per heavy atom. The average molecular weight is 313 g/mol. The van der Waals surface area contributed by atoms with Crippen LogP contribution >= 0.6 is 11.3 Å². The van der Waals surface area contributed by atoms with Crippen molar-refractivity contribution in [2.75, 3.05) is 6.61 Å². The van der Waals surface area contributed by atoms with E-state index >= 15 is 0 Å². The first kappa shape index (κ1) is 15.6. The standard InChI is InChI=1S/C15H14F3NOS/c1-4-20-9(2)13-10(3)21-14(19-13)11-5-7-12(8-6-11)15(16,17)18/h5-8H,2,4H2,1,3H3. The number of rotatable bonds is 4. The fourth-order valence-electron chi connectivity index (χ4n) is 1.82. The second-order valence-electron chi connectivity index (χ2n) is 4.36. The molecule has 0 N–H and O–H groups in total. The quantitative estimate of drug-likeness (QED) is 0.729. The normalized spacial score (nSPS) is 11.5. The zero-order chi connectivity index (χ0) is 15.6. The van der Waals surface area contributed by atoms with Crippen LogP contribution in [-0.2, 0) is 10.9 Å². The van der Waals surface area contributed by atoms with Crippen LogP contribution in [0.5, 0.6) is 0 Å². The van der Waals surface area contributed by atoms with Gasteiger partial charge in [-0.1, -0.05) is 18.7 Å². The van der Waals surface area contributed by atoms with Crippen molar-refractivity contribution in [1.82, 2.24) is 4.98 Å². The van der Waals surface area contributed by atoms with Gasteiger partial charge >= 0.3 is 6.18 Å². The van der Waals surface area contributed by atoms with Gasteiger partial charge in [-0.15, -0.1) is 11.3 Å². The molecular formula is C15H14F3NOS. The molecule has 0 aliphatic rings. The summed E-state index contributed by atoms with van der Waals surface area (Å²) < 4.78 is 42.9. The van der Waals surface area contributed by atoms with E-state index < -0.39 is 11.7 Å². The highest BCUT2D eigenvalue weighted by Crippen LogP contribution is 2.34. The molecule has 0 fully saturated rings. The molecule has 0 bridgehead atoms. The molecule has 2 aromatic rings. The van der Waals surface area contributed by atoms with E-state index in [1.165, 1.54) is 23.5 Å². The first-order valence-electron chi connectivity index (χ1n) is 6.30. The van der Waals surface area contributed by atoms with Crippen molar-refractivity contribution in [2.45, 2.75) is 20.0 Å². The third kappa shape index (κ3) is 3.44. The van der Waals surface area contributed by atoms with Gasteiger partial charge in [0.1, 0.15) is 16.5 Å². The van der Waals surface area contributed by atoms with E-state index in [0.717, 1.165) is 17.0 Å². The van der Waals surface area contributed by atoms with Crippen molar-refractivity contribution >= 4 is 17.1 Å². The molecule has 0 amide bonds. The second-order valence-corrected chi connectivity index (χ2v) is 5.56. The maximum absolute atomic E-state index is 12.5. The number of hydrogen-bond donors (Lipinski definition) is 0. The molecule has 2 rings (SSSR count). The van der Waals surface area contributed by atoms with Crippen LogP contribution in [0, 0.1) is 6.92 Å². The van der Waals surface area contributed by atoms with E-state index in [-0.39, 0.29) is 0 Å². The monoisotopic (exact) mass is 313 g/mol. The largest absolute Gasteiger partial charge is 0.492 e. The van der Waals surface area contributed by atoms with Gasteiger partial charge in [0, 0.05) is 10.4 Å². The summed E-state index contributed by atoms with van der Waals surface area (Å²) in [7, 11) is 0. The summed E-state index contributed by atoms with van der Waals surface area (Å²) in [5.41, 5.74) is 0.627. The number of ether oxygens (including phenoxy) is 1. The van der Waals surface area contributed by atoms with Crippen LogP contribution in [0.3, 0.4) is 0 Å². The van der Waals surface area contributed by atoms with Crippen molar-refractivity contribution in [3.63, 3.8) is 0 Å². The molecule has 0 unspecified atom stereocenters. The van der Waals surface area contributed by atoms with E-state index in [1.54, 1.807) is 0 Å². The SMILES string of the molecule is C=C(OCC)c1nc(-c2ccc(C(F)(F)F)cc2)sc1C. The molecule has 1 aromatic carbocycles. The van der Waals surface area contributed by atoms with Crippen molar-refractivity contribution in [3.05, 3.63) is 47.0 Å². The molecule has 1 heterocycles. The van der Waals surface area contributed by atoms with Crippen LogP contribution in [0.15, 0.2) is 30.8 Å². The van der Waals surface area contributed by atoms with Crippen LogP contribution in [-0.4, -0.2) is 11.6 Å². The molecule has 6 heteroatoms. The summed E-state index contributed by atoms with van der Waals surface area (Å²) in [6.45, 7) is 8.02. The smallest absolute Gasteiger partial charge is 0.416 e. The van der Waals surface area contributed by atoms with E-state index in [2.05, 4.69) is 11.6 Å². The van der Waals surface area contributed by atoms with Crippen molar-refractivity contribution < 1.29 is 17.9 Å². The maximum Gasteiger partial charge on any atom is 0.416 e. The molecule has 0 saturated heterocycles. The van der Waals surface area contributed by atoms with E-state index in [4.69, 9.17) is 4.74 Å². The van der Waals surface area contributed by atoms with Crippen LogP contribution in [0.1, 0.15) is 23.1 Å². The van der Waals surface area contributed by atoms with Crippen molar-refractivity contribution in [2.24, 2.45) is 0 Å². The van der Waals surface area contributed by atoms with Gasteiger partial charge in [-0.3, -0.25) is 0 Å². The number of aromatic nitrogens is 1. The highest BCUT2D eigenvalue weighted by atomic mass is 32.1. The van der Waals surface area contributed by atoms with E-state index in [9.17, 15) is 13.2 Å². The Balaban J connectivity index is 2.31. The van der Waals surface area contributed by atoms with Gasteiger partial charge in [-0.2, -0.15) is 13.2 Å². The molecule has 0 saturated carbocycles. The lowest BCUT2D eigenvalue weighted by molar-refractivity contribution is -0.137. The predicted molar refractivity (Wildman–Crippen MR) is 77.9 cm³/mol. The molecule has 21 heavy (non-hydrogen) atoms. The number of thiazole rings is 1. The molecule has 0 aliphatic carbocycles. The summed E-state index contributed by atoms with van der Waals surface area (Å²) in [4.78, 5) is 5.32. The Morgan fingerprint density at radius 2 is 1.90 bits per heavy atom. The van der Waals surface area contributed by atoms with Gasteiger partial charge in [0.15, 0.2) is 0 Å². The summed E-state index contributed by atoms with van der Waals surface area (Å²) in [5, 5.41) is 0.650. The number of hydrogen-bond acceptors (Lipinski definition) is 3. The van der Waals surface area contributed by atoms with Crippen LogP contribution < -0.4 is 0 Å². The van der Waals surface area contributed by atoms with Gasteiger partial charge in [-0.05, 0) is 26.0 Å². The fourth-order valence-corrected chi connectivity index (χ4v) is 2.76. The number of alkyl halides is 3. The van der Waals surface area contributed by atoms with E-state index in [1.807, 2.05) is 13.8 Å². The molecule has 0 atom stereocenters. The molecule has 112 valence electrons. The minimum atomic E-state index is -4.33. The van der Waals surface area contributed by atoms with Gasteiger partial charge in [0.2, 0.25) is 0 Å². The zero-order valence-corrected chi connectivity index (χ0v) is 12.4. The minimum Gasteiger partial charge on any atom is -0.492 e. The lowest BCUT2D eigenvalue weighted by Gasteiger charge is -2.06. The molecular weight excluding hydrogens is 299 g/mol. The number of benzene rings is 1. The third-order valence-corrected chi connectivity index (χ3v) is 3.86. The summed E-state index contributed by atoms with van der Waals surface area (Å²) >= 11 is 1.40. The fraction of sp³-hybridized carbons (Fsp3) is 0.267. The zero-order valence-electron chi connectivity index (χ0n) is 11.6. The minimum absolute atomic E-state index is 0.476. The van der Waals surface area contributed by atoms with Gasteiger partial charge < -0.3 is 4.74 Å². The molecule has 0 radical (unpaired) electrons. The highest BCUT2D eigenvalue weighted by Gasteiger charge is 2.30. The highest BCUT2D eigenvalue weighted by molar-refractivity contribution is 7.15. The molecule has 2 nitrogen and oxygen atoms in total. The predicted octanol–water partition coefficient (Wildman–Crippen LogP) is 5.14. The van der Waals surface area contributed by atoms with E-state index in [0.29, 0.717) is 28.6 Å². The summed E-state index contributed by atoms with van der Waals surface area (Å²) in [5.74, 6) is 0.476. The number of aryl methyl sites for hydroxylation is 1. The summed E-state index contributed by atoms with van der Waals surface area (Å²) in [6, 6.07) is 4.97. The number of nitrogens with zero attached hydrogens (tertiary/aromatic N) is 1. The lowest BCUT2D eigenvalue weighted by Crippen LogP contribution is -2.03. The Kier molecular flexibility index (Phi) is 4.37. The Bertz CT molecular complexity index is 644. The van der Waals surface area contributed by atoms with Crippen LogP contribution in [0.25, 0.3) is 16.3 Å². The first-order chi connectivity index (χ1) is 9.82. The average Bonchev–Trinajstić information content (AvgIpc) is 2.80. The Labute approximate surface area is 124 Å². The molecule has 0 aliphatic heterocycles. The van der Waals surface area contributed by atoms with Crippen LogP contribution in [0.4, 0.5) is 13.2 Å². The topological polar surface area (TPSA) is 22.1 Å². The maximum atomic E-state index is 12.5. The molecule has 1 aromatic heterocycles. The van der Waals surface area contributed by atoms with Crippen molar-refractivity contribution in [3.8, 4) is 10.6 Å². The van der Waals surface area contributed by atoms with Gasteiger partial charge in [-0.25, -0.2) is 4.98 Å². The second kappa shape index (κ2) is 5.89. The third-order valence-electron chi connectivity index (χ3n) is 2.84. The first-order valence-corrected chi connectivity index (χ1v) is 7.11. The van der Waals surface area contributed by atoms with Crippen molar-refractivity contribution in [1.29, 1.82) is 0 Å². The molecule has 0 spiro atoms. The Morgan fingerprint density at radius 1 is 1.29 bits per heavy atom. The number of halogens is 3. The lowest BCUT2D eigenvalue weighted by atomic mass is 10.1. The summed E-state index contributed by atoms with van der Waals surface area (Å²) in [6.07, 6.45) is -4.33. The van der Waals surface area contributed by atoms with Gasteiger partial charge in [0.25, 0.3) is 0 Å². The van der Waals surface area contributed by atoms with Crippen LogP contribution in [0.2, 0.25) is 0 Å². The Hall–Kier alpha value is -1.82. The van der Waals surface area contributed by atoms with Gasteiger partial charge in [0.05, 0.1) is 12.2 Å².